The summed E-state index contributed by atoms with van der Waals surface area (Å²) in [5, 5.41) is 66.6. The Bertz CT molecular complexity index is 783. The lowest BCUT2D eigenvalue weighted by Crippen LogP contribution is -2.58. The highest BCUT2D eigenvalue weighted by Crippen LogP contribution is 2.37. The first kappa shape index (κ1) is 32.1. The molecule has 1 fully saturated rings. The standard InChI is InChI=1S/C27H48O10/c1-9-19-27(8,34)22(31)15(4)20(29)13(2)12-26(7,33)23(16(5)21(30)17(6)24(32)36-19)37-25-18(28)11-10-14(3)35-25/h10-11,13-23,25,28-31,33-34H,9,12H2,1-8H3/t13-,14-,15+,16+,17-,18-,19-,20+,21+,22-,23-,25+,26-,27-/m1/s1. The number of carbonyl (C=O) groups excluding carboxylic acids is 1. The second-order valence-electron chi connectivity index (χ2n) is 11.7. The molecule has 0 aromatic carbocycles. The smallest absolute Gasteiger partial charge is 0.311 e. The van der Waals surface area contributed by atoms with Gasteiger partial charge in [-0.3, -0.25) is 4.79 Å². The fourth-order valence-electron chi connectivity index (χ4n) is 5.75. The van der Waals surface area contributed by atoms with Crippen LogP contribution in [-0.4, -0.2) is 96.8 Å². The molecule has 10 heteroatoms. The van der Waals surface area contributed by atoms with Crippen LogP contribution in [0.4, 0.5) is 0 Å². The first-order valence-electron chi connectivity index (χ1n) is 13.3. The summed E-state index contributed by atoms with van der Waals surface area (Å²) < 4.78 is 17.4. The van der Waals surface area contributed by atoms with Crippen LogP contribution in [-0.2, 0) is 19.0 Å². The van der Waals surface area contributed by atoms with Crippen molar-refractivity contribution < 1.29 is 49.6 Å². The van der Waals surface area contributed by atoms with Crippen molar-refractivity contribution in [2.24, 2.45) is 23.7 Å². The molecule has 10 nitrogen and oxygen atoms in total. The van der Waals surface area contributed by atoms with Gasteiger partial charge in [-0.1, -0.05) is 39.8 Å². The SMILES string of the molecule is CC[C@H]1OC(=O)[C@H](C)[C@@H](O)[C@H](C)[C@@H](O[C@@H]2O[C@H](C)C=C[C@H]2O)[C@](C)(O)C[C@@H](C)[C@H](O)[C@H](C)[C@@H](O)[C@]1(C)O. The van der Waals surface area contributed by atoms with Crippen molar-refractivity contribution in [3.05, 3.63) is 12.2 Å². The average molecular weight is 533 g/mol. The van der Waals surface area contributed by atoms with Gasteiger partial charge in [-0.15, -0.1) is 0 Å². The molecule has 0 aromatic rings. The summed E-state index contributed by atoms with van der Waals surface area (Å²) in [6, 6.07) is 0. The van der Waals surface area contributed by atoms with Crippen molar-refractivity contribution >= 4 is 5.97 Å². The van der Waals surface area contributed by atoms with E-state index in [1.165, 1.54) is 26.8 Å². The minimum Gasteiger partial charge on any atom is -0.459 e. The first-order valence-corrected chi connectivity index (χ1v) is 13.3. The van der Waals surface area contributed by atoms with Crippen LogP contribution in [0.25, 0.3) is 0 Å². The third kappa shape index (κ3) is 7.10. The normalized spacial score (nSPS) is 50.8. The van der Waals surface area contributed by atoms with Crippen molar-refractivity contribution in [3.8, 4) is 0 Å². The van der Waals surface area contributed by atoms with E-state index in [1.807, 2.05) is 0 Å². The number of rotatable bonds is 3. The molecule has 2 rings (SSSR count). The summed E-state index contributed by atoms with van der Waals surface area (Å²) in [5.41, 5.74) is -3.54. The van der Waals surface area contributed by atoms with Crippen LogP contribution in [0.5, 0.6) is 0 Å². The quantitative estimate of drug-likeness (QED) is 0.227. The van der Waals surface area contributed by atoms with Gasteiger partial charge in [0.2, 0.25) is 0 Å². The van der Waals surface area contributed by atoms with E-state index in [4.69, 9.17) is 14.2 Å². The minimum absolute atomic E-state index is 0.0145. The molecule has 14 atom stereocenters. The molecule has 0 bridgehead atoms. The topological polar surface area (TPSA) is 166 Å². The summed E-state index contributed by atoms with van der Waals surface area (Å²) in [4.78, 5) is 13.1. The van der Waals surface area contributed by atoms with Crippen molar-refractivity contribution in [3.63, 3.8) is 0 Å². The number of cyclic esters (lactones) is 1. The summed E-state index contributed by atoms with van der Waals surface area (Å²) in [6.45, 7) is 12.7. The third-order valence-corrected chi connectivity index (χ3v) is 8.24. The Morgan fingerprint density at radius 2 is 1.57 bits per heavy atom. The fraction of sp³-hybridized carbons (Fsp3) is 0.889. The van der Waals surface area contributed by atoms with Crippen LogP contribution >= 0.6 is 0 Å². The van der Waals surface area contributed by atoms with E-state index in [0.717, 1.165) is 0 Å². The highest BCUT2D eigenvalue weighted by molar-refractivity contribution is 5.73. The van der Waals surface area contributed by atoms with Gasteiger partial charge in [-0.05, 0) is 46.5 Å². The van der Waals surface area contributed by atoms with Gasteiger partial charge < -0.3 is 44.8 Å². The number of carbonyl (C=O) groups is 1. The predicted molar refractivity (Wildman–Crippen MR) is 135 cm³/mol. The molecule has 0 saturated carbocycles. The summed E-state index contributed by atoms with van der Waals surface area (Å²) in [5.74, 6) is -4.12. The van der Waals surface area contributed by atoms with Gasteiger partial charge in [-0.25, -0.2) is 0 Å². The molecule has 2 aliphatic rings. The fourth-order valence-corrected chi connectivity index (χ4v) is 5.75. The van der Waals surface area contributed by atoms with Crippen LogP contribution < -0.4 is 0 Å². The molecular weight excluding hydrogens is 484 g/mol. The molecule has 216 valence electrons. The Morgan fingerprint density at radius 1 is 0.973 bits per heavy atom. The van der Waals surface area contributed by atoms with Crippen molar-refractivity contribution in [1.29, 1.82) is 0 Å². The first-order chi connectivity index (χ1) is 16.9. The zero-order valence-electron chi connectivity index (χ0n) is 23.3. The number of hydrogen-bond acceptors (Lipinski definition) is 10. The summed E-state index contributed by atoms with van der Waals surface area (Å²) >= 11 is 0. The average Bonchev–Trinajstić information content (AvgIpc) is 2.83. The second-order valence-corrected chi connectivity index (χ2v) is 11.7. The molecule has 0 radical (unpaired) electrons. The van der Waals surface area contributed by atoms with Gasteiger partial charge in [-0.2, -0.15) is 0 Å². The largest absolute Gasteiger partial charge is 0.459 e. The van der Waals surface area contributed by atoms with E-state index >= 15 is 0 Å². The van der Waals surface area contributed by atoms with E-state index in [9.17, 15) is 35.4 Å². The maximum Gasteiger partial charge on any atom is 0.311 e. The number of ether oxygens (including phenoxy) is 3. The lowest BCUT2D eigenvalue weighted by molar-refractivity contribution is -0.270. The minimum atomic E-state index is -1.88. The maximum absolute atomic E-state index is 13.1. The van der Waals surface area contributed by atoms with Gasteiger partial charge in [0.25, 0.3) is 0 Å². The molecule has 0 spiro atoms. The van der Waals surface area contributed by atoms with Gasteiger partial charge >= 0.3 is 5.97 Å². The predicted octanol–water partition coefficient (Wildman–Crippen LogP) is 0.888. The zero-order valence-corrected chi connectivity index (χ0v) is 23.3. The third-order valence-electron chi connectivity index (χ3n) is 8.24. The second kappa shape index (κ2) is 12.4. The molecule has 6 N–H and O–H groups in total. The van der Waals surface area contributed by atoms with E-state index in [2.05, 4.69) is 0 Å². The van der Waals surface area contributed by atoms with Crippen LogP contribution in [0.3, 0.4) is 0 Å². The Labute approximate surface area is 220 Å². The van der Waals surface area contributed by atoms with Gasteiger partial charge in [0.15, 0.2) is 6.29 Å². The summed E-state index contributed by atoms with van der Waals surface area (Å²) in [6.07, 6.45) is -5.38. The lowest BCUT2D eigenvalue weighted by atomic mass is 9.73. The van der Waals surface area contributed by atoms with Crippen molar-refractivity contribution in [2.75, 3.05) is 0 Å². The zero-order chi connectivity index (χ0) is 28.5. The molecule has 1 saturated heterocycles. The Morgan fingerprint density at radius 3 is 2.14 bits per heavy atom. The molecule has 0 aromatic heterocycles. The Kier molecular flexibility index (Phi) is 10.7. The Balaban J connectivity index is 2.52. The Hall–Kier alpha value is -1.11. The van der Waals surface area contributed by atoms with Gasteiger partial charge in [0.1, 0.15) is 17.8 Å². The molecular formula is C27H48O10. The van der Waals surface area contributed by atoms with E-state index in [1.54, 1.807) is 40.7 Å². The van der Waals surface area contributed by atoms with Crippen molar-refractivity contribution in [1.82, 2.24) is 0 Å². The number of esters is 1. The van der Waals surface area contributed by atoms with Crippen molar-refractivity contribution in [2.45, 2.75) is 128 Å². The van der Waals surface area contributed by atoms with Crippen LogP contribution in [0.15, 0.2) is 12.2 Å². The van der Waals surface area contributed by atoms with Gasteiger partial charge in [0.05, 0.1) is 42.0 Å². The van der Waals surface area contributed by atoms with E-state index in [0.29, 0.717) is 0 Å². The number of aliphatic hydroxyl groups is 6. The molecule has 37 heavy (non-hydrogen) atoms. The molecule has 0 unspecified atom stereocenters. The van der Waals surface area contributed by atoms with Crippen LogP contribution in [0, 0.1) is 23.7 Å². The molecule has 2 heterocycles. The summed E-state index contributed by atoms with van der Waals surface area (Å²) in [7, 11) is 0. The van der Waals surface area contributed by atoms with E-state index in [-0.39, 0.29) is 18.9 Å². The number of hydrogen-bond donors (Lipinski definition) is 6. The molecule has 0 amide bonds. The highest BCUT2D eigenvalue weighted by Gasteiger charge is 2.50. The lowest BCUT2D eigenvalue weighted by Gasteiger charge is -2.45. The monoisotopic (exact) mass is 532 g/mol. The molecule has 2 aliphatic heterocycles. The van der Waals surface area contributed by atoms with Crippen LogP contribution in [0.2, 0.25) is 0 Å². The van der Waals surface area contributed by atoms with Crippen LogP contribution in [0.1, 0.15) is 68.2 Å². The number of aliphatic hydroxyl groups excluding tert-OH is 4. The maximum atomic E-state index is 13.1. The van der Waals surface area contributed by atoms with Gasteiger partial charge in [0, 0.05) is 11.8 Å². The molecule has 0 aliphatic carbocycles. The highest BCUT2D eigenvalue weighted by atomic mass is 16.7. The van der Waals surface area contributed by atoms with E-state index < -0.39 is 83.8 Å².